The fourth-order valence-electron chi connectivity index (χ4n) is 6.36. The molecule has 0 saturated heterocycles. The van der Waals surface area contributed by atoms with Crippen LogP contribution in [0, 0.1) is 0 Å². The second-order valence-electron chi connectivity index (χ2n) is 17.1. The van der Waals surface area contributed by atoms with Crippen molar-refractivity contribution in [2.75, 3.05) is 47.5 Å². The van der Waals surface area contributed by atoms with Gasteiger partial charge in [0.1, 0.15) is 19.8 Å². The molecule has 0 aliphatic rings. The molecule has 0 spiro atoms. The highest BCUT2D eigenvalue weighted by Gasteiger charge is 2.27. The van der Waals surface area contributed by atoms with Gasteiger partial charge in [-0.1, -0.05) is 184 Å². The Kier molecular flexibility index (Phi) is 39.9. The number of phosphoric acid groups is 1. The van der Waals surface area contributed by atoms with Crippen molar-refractivity contribution in [3.05, 3.63) is 48.6 Å². The molecular formula is C49H91NO8P+. The van der Waals surface area contributed by atoms with Gasteiger partial charge in [0, 0.05) is 12.8 Å². The molecule has 2 atom stereocenters. The molecule has 59 heavy (non-hydrogen) atoms. The van der Waals surface area contributed by atoms with E-state index in [4.69, 9.17) is 18.5 Å². The molecule has 0 fully saturated rings. The Balaban J connectivity index is 4.34. The van der Waals surface area contributed by atoms with Crippen LogP contribution in [0.25, 0.3) is 0 Å². The number of hydrogen-bond donors (Lipinski definition) is 1. The molecule has 0 aliphatic carbocycles. The van der Waals surface area contributed by atoms with Gasteiger partial charge in [0.2, 0.25) is 0 Å². The molecule has 9 nitrogen and oxygen atoms in total. The highest BCUT2D eigenvalue weighted by molar-refractivity contribution is 7.47. The average molecular weight is 853 g/mol. The summed E-state index contributed by atoms with van der Waals surface area (Å²) in [4.78, 5) is 35.4. The third kappa shape index (κ3) is 45.3. The van der Waals surface area contributed by atoms with Crippen molar-refractivity contribution in [2.24, 2.45) is 0 Å². The van der Waals surface area contributed by atoms with Gasteiger partial charge in [0.15, 0.2) is 6.10 Å². The summed E-state index contributed by atoms with van der Waals surface area (Å²) in [5, 5.41) is 0. The van der Waals surface area contributed by atoms with E-state index in [0.717, 1.165) is 64.2 Å². The van der Waals surface area contributed by atoms with Crippen molar-refractivity contribution in [3.63, 3.8) is 0 Å². The smallest absolute Gasteiger partial charge is 0.462 e. The molecular weight excluding hydrogens is 762 g/mol. The molecule has 0 aromatic rings. The van der Waals surface area contributed by atoms with Gasteiger partial charge in [-0.3, -0.25) is 18.6 Å². The van der Waals surface area contributed by atoms with Crippen molar-refractivity contribution < 1.29 is 42.1 Å². The van der Waals surface area contributed by atoms with Gasteiger partial charge >= 0.3 is 19.8 Å². The zero-order valence-electron chi connectivity index (χ0n) is 38.7. The maximum Gasteiger partial charge on any atom is 0.472 e. The Bertz CT molecular complexity index is 1150. The standard InChI is InChI=1S/C49H90NO8P/c1-6-8-10-12-14-16-18-20-22-24-26-27-29-31-33-35-37-39-41-48(51)55-45-47(46-57-59(53,54)56-44-43-50(3,4)5)58-49(52)42-40-38-36-34-32-30-28-25-23-21-19-17-15-13-11-9-7-2/h11,13,17,19,23,25,30,32,47H,6-10,12,14-16,18,20-22,24,26-29,31,33-46H2,1-5H3/p+1/b13-11+,19-17+,25-23+,32-30+/t47-/m1/s1. The van der Waals surface area contributed by atoms with Crippen molar-refractivity contribution in [1.82, 2.24) is 0 Å². The SMILES string of the molecule is CCC/C=C/C/C=C/C/C=C/C/C=C/CCCCCC(=O)O[C@H](COC(=O)CCCCCCCCCCCCCCCCCCCC)COP(=O)(O)OCC[N+](C)(C)C. The molecule has 0 rings (SSSR count). The van der Waals surface area contributed by atoms with Crippen molar-refractivity contribution in [1.29, 1.82) is 0 Å². The number of esters is 2. The first-order valence-electron chi connectivity index (χ1n) is 23.9. The van der Waals surface area contributed by atoms with E-state index in [1.54, 1.807) is 0 Å². The lowest BCUT2D eigenvalue weighted by atomic mass is 10.0. The Labute approximate surface area is 363 Å². The third-order valence-electron chi connectivity index (χ3n) is 10.1. The number of ether oxygens (including phenoxy) is 2. The zero-order valence-corrected chi connectivity index (χ0v) is 39.6. The Morgan fingerprint density at radius 3 is 1.42 bits per heavy atom. The number of likely N-dealkylation sites (N-methyl/N-ethyl adjacent to an activating group) is 1. The zero-order chi connectivity index (χ0) is 43.6. The molecule has 1 N–H and O–H groups in total. The lowest BCUT2D eigenvalue weighted by Gasteiger charge is -2.24. The summed E-state index contributed by atoms with van der Waals surface area (Å²) in [5.41, 5.74) is 0. The van der Waals surface area contributed by atoms with Gasteiger partial charge in [-0.25, -0.2) is 4.57 Å². The van der Waals surface area contributed by atoms with E-state index >= 15 is 0 Å². The fourth-order valence-corrected chi connectivity index (χ4v) is 7.10. The number of phosphoric ester groups is 1. The normalized spacial score (nSPS) is 13.9. The average Bonchev–Trinajstić information content (AvgIpc) is 3.19. The molecule has 344 valence electrons. The number of carbonyl (C=O) groups is 2. The minimum Gasteiger partial charge on any atom is -0.462 e. The van der Waals surface area contributed by atoms with Crippen LogP contribution in [0.2, 0.25) is 0 Å². The quantitative estimate of drug-likeness (QED) is 0.0212. The van der Waals surface area contributed by atoms with Gasteiger partial charge in [0.25, 0.3) is 0 Å². The Morgan fingerprint density at radius 2 is 0.949 bits per heavy atom. The molecule has 10 heteroatoms. The van der Waals surface area contributed by atoms with Gasteiger partial charge in [-0.2, -0.15) is 0 Å². The second kappa shape index (κ2) is 41.3. The largest absolute Gasteiger partial charge is 0.472 e. The molecule has 0 aliphatic heterocycles. The maximum absolute atomic E-state index is 12.7. The van der Waals surface area contributed by atoms with Gasteiger partial charge in [0.05, 0.1) is 27.7 Å². The van der Waals surface area contributed by atoms with Gasteiger partial charge in [-0.15, -0.1) is 0 Å². The number of rotatable bonds is 43. The summed E-state index contributed by atoms with van der Waals surface area (Å²) in [6.45, 7) is 4.33. The lowest BCUT2D eigenvalue weighted by molar-refractivity contribution is -0.870. The number of unbranched alkanes of at least 4 members (excludes halogenated alkanes) is 21. The highest BCUT2D eigenvalue weighted by atomic mass is 31.2. The van der Waals surface area contributed by atoms with Crippen molar-refractivity contribution in [2.45, 2.75) is 206 Å². The van der Waals surface area contributed by atoms with Crippen LogP contribution in [0.15, 0.2) is 48.6 Å². The predicted molar refractivity (Wildman–Crippen MR) is 247 cm³/mol. The van der Waals surface area contributed by atoms with E-state index in [1.165, 1.54) is 103 Å². The van der Waals surface area contributed by atoms with Crippen LogP contribution < -0.4 is 0 Å². The van der Waals surface area contributed by atoms with E-state index in [0.29, 0.717) is 17.4 Å². The van der Waals surface area contributed by atoms with Crippen molar-refractivity contribution in [3.8, 4) is 0 Å². The minimum atomic E-state index is -4.39. The third-order valence-corrected chi connectivity index (χ3v) is 11.1. The molecule has 0 bridgehead atoms. The first-order chi connectivity index (χ1) is 28.5. The van der Waals surface area contributed by atoms with Crippen LogP contribution in [-0.4, -0.2) is 74.9 Å². The lowest BCUT2D eigenvalue weighted by Crippen LogP contribution is -2.37. The number of nitrogens with zero attached hydrogens (tertiary/aromatic N) is 1. The van der Waals surface area contributed by atoms with Gasteiger partial charge in [-0.05, 0) is 51.4 Å². The molecule has 0 radical (unpaired) electrons. The monoisotopic (exact) mass is 853 g/mol. The molecule has 0 aromatic carbocycles. The topological polar surface area (TPSA) is 108 Å². The number of hydrogen-bond acceptors (Lipinski definition) is 7. The summed E-state index contributed by atoms with van der Waals surface area (Å²) in [7, 11) is 1.45. The predicted octanol–water partition coefficient (Wildman–Crippen LogP) is 13.9. The van der Waals surface area contributed by atoms with Crippen LogP contribution in [0.3, 0.4) is 0 Å². The van der Waals surface area contributed by atoms with E-state index in [2.05, 4.69) is 62.5 Å². The van der Waals surface area contributed by atoms with Crippen LogP contribution in [0.4, 0.5) is 0 Å². The summed E-state index contributed by atoms with van der Waals surface area (Å²) < 4.78 is 34.3. The molecule has 0 heterocycles. The minimum absolute atomic E-state index is 0.0249. The molecule has 0 saturated carbocycles. The number of carbonyl (C=O) groups excluding carboxylic acids is 2. The van der Waals surface area contributed by atoms with E-state index in [1.807, 2.05) is 21.1 Å². The summed E-state index contributed by atoms with van der Waals surface area (Å²) in [6.07, 6.45) is 48.7. The van der Waals surface area contributed by atoms with Crippen LogP contribution >= 0.6 is 7.82 Å². The van der Waals surface area contributed by atoms with E-state index in [-0.39, 0.29) is 32.0 Å². The molecule has 0 amide bonds. The summed E-state index contributed by atoms with van der Waals surface area (Å²) >= 11 is 0. The number of allylic oxidation sites excluding steroid dienone is 8. The van der Waals surface area contributed by atoms with E-state index < -0.39 is 26.5 Å². The van der Waals surface area contributed by atoms with Crippen molar-refractivity contribution >= 4 is 19.8 Å². The summed E-state index contributed by atoms with van der Waals surface area (Å²) in [6, 6.07) is 0. The Morgan fingerprint density at radius 1 is 0.525 bits per heavy atom. The van der Waals surface area contributed by atoms with E-state index in [9.17, 15) is 19.0 Å². The van der Waals surface area contributed by atoms with Crippen LogP contribution in [-0.2, 0) is 32.7 Å². The first-order valence-corrected chi connectivity index (χ1v) is 25.4. The fraction of sp³-hybridized carbons (Fsp3) is 0.796. The van der Waals surface area contributed by atoms with Gasteiger partial charge < -0.3 is 18.9 Å². The van der Waals surface area contributed by atoms with Crippen LogP contribution in [0.5, 0.6) is 0 Å². The highest BCUT2D eigenvalue weighted by Crippen LogP contribution is 2.43. The summed E-state index contributed by atoms with van der Waals surface area (Å²) in [5.74, 6) is -0.830. The molecule has 1 unspecified atom stereocenters. The second-order valence-corrected chi connectivity index (χ2v) is 18.6. The Hall–Kier alpha value is -2.03. The van der Waals surface area contributed by atoms with Crippen LogP contribution in [0.1, 0.15) is 200 Å². The maximum atomic E-state index is 12.7. The number of quaternary nitrogens is 1. The first kappa shape index (κ1) is 57.0. The molecule has 0 aromatic heterocycles.